The predicted molar refractivity (Wildman–Crippen MR) is 131 cm³/mol. The average molecular weight is 438 g/mol. The first-order chi connectivity index (χ1) is 15.5. The van der Waals surface area contributed by atoms with Crippen molar-refractivity contribution in [2.45, 2.75) is 65.2 Å². The molecule has 0 radical (unpaired) electrons. The van der Waals surface area contributed by atoms with E-state index in [0.717, 1.165) is 61.1 Å². The van der Waals surface area contributed by atoms with Gasteiger partial charge in [0.05, 0.1) is 19.2 Å². The molecule has 0 amide bonds. The number of ether oxygens (including phenoxy) is 2. The molecule has 5 rings (SSSR count). The van der Waals surface area contributed by atoms with Gasteiger partial charge in [-0.05, 0) is 86.6 Å². The summed E-state index contributed by atoms with van der Waals surface area (Å²) in [6.45, 7) is 10.1. The van der Waals surface area contributed by atoms with Crippen molar-refractivity contribution in [3.63, 3.8) is 0 Å². The van der Waals surface area contributed by atoms with Crippen molar-refractivity contribution in [1.29, 1.82) is 0 Å². The molecule has 1 saturated heterocycles. The van der Waals surface area contributed by atoms with Crippen LogP contribution in [0.15, 0.2) is 12.1 Å². The smallest absolute Gasteiger partial charge is 0.163 e. The molecule has 0 atom stereocenters. The molecule has 1 aliphatic heterocycles. The van der Waals surface area contributed by atoms with Crippen LogP contribution < -0.4 is 14.8 Å². The van der Waals surface area contributed by atoms with E-state index in [4.69, 9.17) is 14.5 Å². The summed E-state index contributed by atoms with van der Waals surface area (Å²) < 4.78 is 12.0. The number of methoxy groups -OCH3 is 1. The van der Waals surface area contributed by atoms with Gasteiger partial charge in [0.25, 0.3) is 0 Å². The van der Waals surface area contributed by atoms with Crippen LogP contribution in [0.5, 0.6) is 11.5 Å². The number of pyridine rings is 1. The predicted octanol–water partition coefficient (Wildman–Crippen LogP) is 5.44. The lowest BCUT2D eigenvalue weighted by Crippen LogP contribution is -2.22. The Balaban J connectivity index is 1.39. The molecule has 5 heteroatoms. The number of anilines is 1. The summed E-state index contributed by atoms with van der Waals surface area (Å²) in [6.07, 6.45) is 9.95. The van der Waals surface area contributed by atoms with Crippen molar-refractivity contribution < 1.29 is 9.47 Å². The summed E-state index contributed by atoms with van der Waals surface area (Å²) in [5, 5.41) is 4.94. The zero-order chi connectivity index (χ0) is 22.1. The number of aromatic nitrogens is 1. The number of rotatable bonds is 9. The standard InChI is InChI=1S/C27H39N3O2/c1-27(2)16-21-20-14-24(31-3)25(32-13-7-12-30-10-4-5-11-30)15-23(20)29-26(22(21)17-27)28-18-19-8-6-9-19/h14-15,19H,4-13,16-18H2,1-3H3,(H,28,29). The first-order valence-electron chi connectivity index (χ1n) is 12.6. The summed E-state index contributed by atoms with van der Waals surface area (Å²) in [5.41, 5.74) is 4.13. The van der Waals surface area contributed by atoms with Gasteiger partial charge in [0, 0.05) is 24.5 Å². The van der Waals surface area contributed by atoms with Crippen molar-refractivity contribution in [3.05, 3.63) is 23.3 Å². The van der Waals surface area contributed by atoms with Gasteiger partial charge in [0.15, 0.2) is 11.5 Å². The highest BCUT2D eigenvalue weighted by molar-refractivity contribution is 5.89. The molecule has 1 saturated carbocycles. The summed E-state index contributed by atoms with van der Waals surface area (Å²) in [7, 11) is 1.74. The molecule has 174 valence electrons. The van der Waals surface area contributed by atoms with Crippen LogP contribution in [0.4, 0.5) is 5.82 Å². The number of nitrogens with one attached hydrogen (secondary N) is 1. The second-order valence-electron chi connectivity index (χ2n) is 10.9. The lowest BCUT2D eigenvalue weighted by atomic mass is 9.85. The van der Waals surface area contributed by atoms with E-state index in [0.29, 0.717) is 6.61 Å². The fourth-order valence-electron chi connectivity index (χ4n) is 5.62. The molecule has 1 N–H and O–H groups in total. The zero-order valence-corrected chi connectivity index (χ0v) is 20.1. The second kappa shape index (κ2) is 9.09. The minimum absolute atomic E-state index is 0.267. The topological polar surface area (TPSA) is 46.6 Å². The normalized spacial score (nSPS) is 20.3. The van der Waals surface area contributed by atoms with Crippen LogP contribution in [-0.4, -0.2) is 49.8 Å². The molecule has 3 aliphatic rings. The van der Waals surface area contributed by atoms with E-state index in [-0.39, 0.29) is 5.41 Å². The molecule has 0 bridgehead atoms. The highest BCUT2D eigenvalue weighted by Crippen LogP contribution is 2.45. The minimum Gasteiger partial charge on any atom is -0.493 e. The third-order valence-electron chi connectivity index (χ3n) is 7.66. The first-order valence-corrected chi connectivity index (χ1v) is 12.6. The summed E-state index contributed by atoms with van der Waals surface area (Å²) in [5.74, 6) is 3.54. The summed E-state index contributed by atoms with van der Waals surface area (Å²) in [4.78, 5) is 7.65. The van der Waals surface area contributed by atoms with Crippen LogP contribution in [0, 0.1) is 11.3 Å². The van der Waals surface area contributed by atoms with Gasteiger partial charge in [-0.25, -0.2) is 4.98 Å². The number of hydrogen-bond acceptors (Lipinski definition) is 5. The van der Waals surface area contributed by atoms with Crippen LogP contribution in [-0.2, 0) is 12.8 Å². The van der Waals surface area contributed by atoms with Gasteiger partial charge < -0.3 is 19.7 Å². The molecule has 0 unspecified atom stereocenters. The molecular weight excluding hydrogens is 398 g/mol. The van der Waals surface area contributed by atoms with Gasteiger partial charge >= 0.3 is 0 Å². The molecule has 1 aromatic heterocycles. The summed E-state index contributed by atoms with van der Waals surface area (Å²) >= 11 is 0. The van der Waals surface area contributed by atoms with Crippen molar-refractivity contribution in [1.82, 2.24) is 9.88 Å². The first kappa shape index (κ1) is 21.8. The Bertz CT molecular complexity index is 961. The van der Waals surface area contributed by atoms with Crippen LogP contribution in [0.3, 0.4) is 0 Å². The molecule has 32 heavy (non-hydrogen) atoms. The second-order valence-corrected chi connectivity index (χ2v) is 10.9. The minimum atomic E-state index is 0.267. The van der Waals surface area contributed by atoms with E-state index in [2.05, 4.69) is 36.2 Å². The quantitative estimate of drug-likeness (QED) is 0.529. The zero-order valence-electron chi connectivity index (χ0n) is 20.1. The fourth-order valence-corrected chi connectivity index (χ4v) is 5.62. The lowest BCUT2D eigenvalue weighted by Gasteiger charge is -2.26. The van der Waals surface area contributed by atoms with Crippen LogP contribution in [0.1, 0.15) is 63.5 Å². The van der Waals surface area contributed by atoms with Gasteiger partial charge in [-0.1, -0.05) is 20.3 Å². The largest absolute Gasteiger partial charge is 0.493 e. The molecule has 5 nitrogen and oxygen atoms in total. The third kappa shape index (κ3) is 4.54. The third-order valence-corrected chi connectivity index (χ3v) is 7.66. The van der Waals surface area contributed by atoms with Crippen LogP contribution >= 0.6 is 0 Å². The Morgan fingerprint density at radius 3 is 2.56 bits per heavy atom. The molecule has 2 aliphatic carbocycles. The maximum atomic E-state index is 6.21. The van der Waals surface area contributed by atoms with Gasteiger partial charge in [-0.3, -0.25) is 0 Å². The maximum absolute atomic E-state index is 6.21. The number of benzene rings is 1. The molecule has 2 aromatic rings. The van der Waals surface area contributed by atoms with Gasteiger partial charge in [-0.2, -0.15) is 0 Å². The van der Waals surface area contributed by atoms with E-state index in [9.17, 15) is 0 Å². The van der Waals surface area contributed by atoms with Crippen molar-refractivity contribution in [2.24, 2.45) is 11.3 Å². The Morgan fingerprint density at radius 1 is 1.06 bits per heavy atom. The average Bonchev–Trinajstić information content (AvgIpc) is 3.36. The highest BCUT2D eigenvalue weighted by atomic mass is 16.5. The lowest BCUT2D eigenvalue weighted by molar-refractivity contribution is 0.254. The van der Waals surface area contributed by atoms with E-state index in [1.165, 1.54) is 61.7 Å². The number of hydrogen-bond donors (Lipinski definition) is 1. The Morgan fingerprint density at radius 2 is 1.84 bits per heavy atom. The monoisotopic (exact) mass is 437 g/mol. The highest BCUT2D eigenvalue weighted by Gasteiger charge is 2.33. The molecule has 1 aromatic carbocycles. The van der Waals surface area contributed by atoms with Gasteiger partial charge in [-0.15, -0.1) is 0 Å². The molecule has 2 heterocycles. The van der Waals surface area contributed by atoms with E-state index in [1.807, 2.05) is 0 Å². The molecule has 0 spiro atoms. The van der Waals surface area contributed by atoms with Gasteiger partial charge in [0.1, 0.15) is 5.82 Å². The van der Waals surface area contributed by atoms with E-state index < -0.39 is 0 Å². The fraction of sp³-hybridized carbons (Fsp3) is 0.667. The van der Waals surface area contributed by atoms with Gasteiger partial charge in [0.2, 0.25) is 0 Å². The van der Waals surface area contributed by atoms with E-state index in [1.54, 1.807) is 7.11 Å². The van der Waals surface area contributed by atoms with Crippen molar-refractivity contribution in [3.8, 4) is 11.5 Å². The number of fused-ring (bicyclic) bond motifs is 3. The van der Waals surface area contributed by atoms with Crippen molar-refractivity contribution >= 4 is 16.7 Å². The molecular formula is C27H39N3O2. The Labute approximate surface area is 192 Å². The number of nitrogens with zero attached hydrogens (tertiary/aromatic N) is 2. The molecule has 2 fully saturated rings. The SMILES string of the molecule is COc1cc2c3c(c(NCC4CCC4)nc2cc1OCCCN1CCCC1)CC(C)(C)C3. The summed E-state index contributed by atoms with van der Waals surface area (Å²) in [6, 6.07) is 4.26. The van der Waals surface area contributed by atoms with Crippen LogP contribution in [0.25, 0.3) is 10.9 Å². The maximum Gasteiger partial charge on any atom is 0.163 e. The van der Waals surface area contributed by atoms with Crippen LogP contribution in [0.2, 0.25) is 0 Å². The Kier molecular flexibility index (Phi) is 6.20. The van der Waals surface area contributed by atoms with E-state index >= 15 is 0 Å². The Hall–Kier alpha value is -2.01. The van der Waals surface area contributed by atoms with Crippen molar-refractivity contribution in [2.75, 3.05) is 45.2 Å². The number of likely N-dealkylation sites (tertiary alicyclic amines) is 1.